The van der Waals surface area contributed by atoms with Gasteiger partial charge in [0.15, 0.2) is 0 Å². The average molecular weight is 432 g/mol. The van der Waals surface area contributed by atoms with Crippen molar-refractivity contribution in [2.45, 2.75) is 29.1 Å². The molecular weight excluding hydrogens is 402 g/mol. The quantitative estimate of drug-likeness (QED) is 0.503. The molecule has 0 radical (unpaired) electrons. The Morgan fingerprint density at radius 1 is 1.06 bits per heavy atom. The second kappa shape index (κ2) is 8.48. The highest BCUT2D eigenvalue weighted by atomic mass is 32.2. The SMILES string of the molecule is COc1ccc2c(c1)Sc1cc(-c3cc4c([nH]3)C=CCC4)ccc1N2CCCN(C)C. The molecule has 1 aromatic heterocycles. The van der Waals surface area contributed by atoms with E-state index in [0.717, 1.165) is 38.1 Å². The van der Waals surface area contributed by atoms with E-state index in [1.165, 1.54) is 43.7 Å². The number of aromatic amines is 1. The van der Waals surface area contributed by atoms with Crippen LogP contribution in [0.1, 0.15) is 24.1 Å². The summed E-state index contributed by atoms with van der Waals surface area (Å²) in [6.07, 6.45) is 7.82. The summed E-state index contributed by atoms with van der Waals surface area (Å²) in [6.45, 7) is 2.07. The lowest BCUT2D eigenvalue weighted by atomic mass is 10.0. The number of aryl methyl sites for hydroxylation is 1. The van der Waals surface area contributed by atoms with Crippen LogP contribution in [0.25, 0.3) is 17.3 Å². The second-order valence-electron chi connectivity index (χ2n) is 8.49. The zero-order valence-corrected chi connectivity index (χ0v) is 19.3. The molecule has 0 amide bonds. The molecule has 0 saturated heterocycles. The van der Waals surface area contributed by atoms with Crippen molar-refractivity contribution in [3.05, 3.63) is 59.8 Å². The van der Waals surface area contributed by atoms with E-state index < -0.39 is 0 Å². The summed E-state index contributed by atoms with van der Waals surface area (Å²) in [4.78, 5) is 10.9. The lowest BCUT2D eigenvalue weighted by Gasteiger charge is -2.33. The number of allylic oxidation sites excluding steroid dienone is 1. The number of benzene rings is 2. The van der Waals surface area contributed by atoms with Gasteiger partial charge in [0.25, 0.3) is 0 Å². The number of H-pyrrole nitrogens is 1. The summed E-state index contributed by atoms with van der Waals surface area (Å²) in [5.41, 5.74) is 7.69. The van der Waals surface area contributed by atoms with Gasteiger partial charge >= 0.3 is 0 Å². The largest absolute Gasteiger partial charge is 0.497 e. The van der Waals surface area contributed by atoms with E-state index >= 15 is 0 Å². The van der Waals surface area contributed by atoms with E-state index in [4.69, 9.17) is 4.74 Å². The predicted octanol–water partition coefficient (Wildman–Crippen LogP) is 6.20. The fourth-order valence-electron chi connectivity index (χ4n) is 4.41. The first-order valence-electron chi connectivity index (χ1n) is 10.9. The first-order valence-corrected chi connectivity index (χ1v) is 11.7. The molecule has 2 heterocycles. The summed E-state index contributed by atoms with van der Waals surface area (Å²) in [6, 6.07) is 15.6. The van der Waals surface area contributed by atoms with Crippen LogP contribution in [0.15, 0.2) is 58.3 Å². The Morgan fingerprint density at radius 2 is 1.87 bits per heavy atom. The van der Waals surface area contributed by atoms with Gasteiger partial charge in [-0.05, 0) is 93.5 Å². The molecule has 1 N–H and O–H groups in total. The van der Waals surface area contributed by atoms with Crippen molar-refractivity contribution in [2.24, 2.45) is 0 Å². The van der Waals surface area contributed by atoms with Gasteiger partial charge in [-0.3, -0.25) is 0 Å². The molecule has 0 atom stereocenters. The minimum absolute atomic E-state index is 0.905. The van der Waals surface area contributed by atoms with E-state index in [2.05, 4.69) is 83.5 Å². The third-order valence-corrected chi connectivity index (χ3v) is 7.12. The van der Waals surface area contributed by atoms with Crippen molar-refractivity contribution in [1.82, 2.24) is 9.88 Å². The van der Waals surface area contributed by atoms with Crippen LogP contribution in [-0.2, 0) is 6.42 Å². The zero-order valence-electron chi connectivity index (χ0n) is 18.4. The molecule has 31 heavy (non-hydrogen) atoms. The Hall–Kier alpha value is -2.63. The highest BCUT2D eigenvalue weighted by Gasteiger charge is 2.24. The van der Waals surface area contributed by atoms with Crippen molar-refractivity contribution >= 4 is 29.2 Å². The second-order valence-corrected chi connectivity index (χ2v) is 9.57. The van der Waals surface area contributed by atoms with Crippen LogP contribution in [0.4, 0.5) is 11.4 Å². The number of hydrogen-bond donors (Lipinski definition) is 1. The van der Waals surface area contributed by atoms with E-state index in [0.29, 0.717) is 0 Å². The van der Waals surface area contributed by atoms with E-state index in [-0.39, 0.29) is 0 Å². The van der Waals surface area contributed by atoms with Crippen LogP contribution in [0, 0.1) is 0 Å². The average Bonchev–Trinajstić information content (AvgIpc) is 3.22. The van der Waals surface area contributed by atoms with Crippen LogP contribution >= 0.6 is 11.8 Å². The molecule has 0 spiro atoms. The molecule has 5 rings (SSSR count). The van der Waals surface area contributed by atoms with Crippen LogP contribution in [-0.4, -0.2) is 44.2 Å². The van der Waals surface area contributed by atoms with Gasteiger partial charge in [0, 0.05) is 27.7 Å². The first kappa shape index (κ1) is 20.3. The van der Waals surface area contributed by atoms with Crippen LogP contribution < -0.4 is 9.64 Å². The molecule has 0 unspecified atom stereocenters. The monoisotopic (exact) mass is 431 g/mol. The molecule has 160 valence electrons. The van der Waals surface area contributed by atoms with Crippen molar-refractivity contribution < 1.29 is 4.74 Å². The highest BCUT2D eigenvalue weighted by molar-refractivity contribution is 7.99. The third kappa shape index (κ3) is 4.00. The number of aromatic nitrogens is 1. The molecule has 1 aliphatic carbocycles. The maximum atomic E-state index is 5.51. The molecular formula is C26H29N3OS. The maximum Gasteiger partial charge on any atom is 0.120 e. The summed E-state index contributed by atoms with van der Waals surface area (Å²) in [5.74, 6) is 0.905. The summed E-state index contributed by atoms with van der Waals surface area (Å²) >= 11 is 1.84. The van der Waals surface area contributed by atoms with Gasteiger partial charge in [-0.1, -0.05) is 23.9 Å². The van der Waals surface area contributed by atoms with Gasteiger partial charge in [0.05, 0.1) is 18.5 Å². The zero-order chi connectivity index (χ0) is 21.4. The number of fused-ring (bicyclic) bond motifs is 3. The molecule has 2 aromatic carbocycles. The van der Waals surface area contributed by atoms with Gasteiger partial charge in [0.2, 0.25) is 0 Å². The molecule has 5 heteroatoms. The van der Waals surface area contributed by atoms with Crippen molar-refractivity contribution in [2.75, 3.05) is 39.2 Å². The molecule has 4 nitrogen and oxygen atoms in total. The van der Waals surface area contributed by atoms with Crippen molar-refractivity contribution in [3.63, 3.8) is 0 Å². The summed E-state index contributed by atoms with van der Waals surface area (Å²) < 4.78 is 5.51. The minimum Gasteiger partial charge on any atom is -0.497 e. The highest BCUT2D eigenvalue weighted by Crippen LogP contribution is 2.50. The van der Waals surface area contributed by atoms with Crippen LogP contribution in [0.2, 0.25) is 0 Å². The third-order valence-electron chi connectivity index (χ3n) is 6.03. The lowest BCUT2D eigenvalue weighted by molar-refractivity contribution is 0.402. The number of nitrogens with zero attached hydrogens (tertiary/aromatic N) is 2. The van der Waals surface area contributed by atoms with E-state index in [1.807, 2.05) is 11.8 Å². The number of hydrogen-bond acceptors (Lipinski definition) is 4. The van der Waals surface area contributed by atoms with Gasteiger partial charge in [-0.15, -0.1) is 0 Å². The fourth-order valence-corrected chi connectivity index (χ4v) is 5.57. The molecule has 0 bridgehead atoms. The molecule has 2 aliphatic rings. The predicted molar refractivity (Wildman–Crippen MR) is 131 cm³/mol. The number of ether oxygens (including phenoxy) is 1. The topological polar surface area (TPSA) is 31.5 Å². The summed E-state index contributed by atoms with van der Waals surface area (Å²) in [7, 11) is 6.00. The minimum atomic E-state index is 0.905. The standard InChI is InChI=1S/C26H29N3OS/c1-28(2)13-6-14-29-23-11-9-19(22-15-18-7-4-5-8-21(18)27-22)16-25(23)31-26-17-20(30-3)10-12-24(26)29/h5,8-12,15-17,27H,4,6-7,13-14H2,1-3H3. The Bertz CT molecular complexity index is 1130. The molecule has 0 fully saturated rings. The van der Waals surface area contributed by atoms with E-state index in [1.54, 1.807) is 7.11 Å². The number of methoxy groups -OCH3 is 1. The number of anilines is 2. The maximum absolute atomic E-state index is 5.51. The molecule has 0 saturated carbocycles. The first-order chi connectivity index (χ1) is 15.1. The molecule has 1 aliphatic heterocycles. The van der Waals surface area contributed by atoms with Gasteiger partial charge in [0.1, 0.15) is 5.75 Å². The normalized spacial score (nSPS) is 14.4. The van der Waals surface area contributed by atoms with Gasteiger partial charge in [-0.25, -0.2) is 0 Å². The Morgan fingerprint density at radius 3 is 2.65 bits per heavy atom. The Balaban J connectivity index is 1.51. The van der Waals surface area contributed by atoms with Crippen LogP contribution in [0.3, 0.4) is 0 Å². The van der Waals surface area contributed by atoms with Crippen molar-refractivity contribution in [1.29, 1.82) is 0 Å². The summed E-state index contributed by atoms with van der Waals surface area (Å²) in [5, 5.41) is 0. The van der Waals surface area contributed by atoms with Crippen molar-refractivity contribution in [3.8, 4) is 17.0 Å². The lowest BCUT2D eigenvalue weighted by Crippen LogP contribution is -2.25. The number of nitrogens with one attached hydrogen (secondary N) is 1. The van der Waals surface area contributed by atoms with Gasteiger partial charge < -0.3 is 19.5 Å². The number of rotatable bonds is 6. The Kier molecular flexibility index (Phi) is 5.55. The fraction of sp³-hybridized carbons (Fsp3) is 0.308. The molecule has 3 aromatic rings. The van der Waals surface area contributed by atoms with Crippen LogP contribution in [0.5, 0.6) is 5.75 Å². The van der Waals surface area contributed by atoms with Gasteiger partial charge in [-0.2, -0.15) is 0 Å². The smallest absolute Gasteiger partial charge is 0.120 e. The van der Waals surface area contributed by atoms with E-state index in [9.17, 15) is 0 Å². The Labute approximate surface area is 188 Å².